The average Bonchev–Trinajstić information content (AvgIpc) is 2.11. The summed E-state index contributed by atoms with van der Waals surface area (Å²) in [6, 6.07) is 4.35. The van der Waals surface area contributed by atoms with Gasteiger partial charge in [0, 0.05) is 17.6 Å². The molecule has 0 heterocycles. The third kappa shape index (κ3) is 2.42. The molecule has 0 aliphatic rings. The Balaban J connectivity index is 2.93. The zero-order valence-electron chi connectivity index (χ0n) is 7.10. The van der Waals surface area contributed by atoms with Gasteiger partial charge in [-0.1, -0.05) is 17.7 Å². The van der Waals surface area contributed by atoms with Crippen LogP contribution in [0, 0.1) is 5.82 Å². The first kappa shape index (κ1) is 9.99. The second kappa shape index (κ2) is 4.23. The fourth-order valence-electron chi connectivity index (χ4n) is 0.950. The minimum absolute atomic E-state index is 0.0258. The molecule has 1 rings (SSSR count). The number of benzene rings is 1. The first-order valence-electron chi connectivity index (χ1n) is 3.78. The van der Waals surface area contributed by atoms with Crippen LogP contribution in [0.2, 0.25) is 5.02 Å². The van der Waals surface area contributed by atoms with Crippen molar-refractivity contribution in [1.29, 1.82) is 0 Å². The molecular weight excluding hydrogens is 193 g/mol. The Kier molecular flexibility index (Phi) is 3.25. The summed E-state index contributed by atoms with van der Waals surface area (Å²) < 4.78 is 13.1. The lowest BCUT2D eigenvalue weighted by Crippen LogP contribution is -2.20. The normalized spacial score (nSPS) is 9.77. The highest BCUT2D eigenvalue weighted by molar-refractivity contribution is 6.31. The first-order valence-corrected chi connectivity index (χ1v) is 4.16. The van der Waals surface area contributed by atoms with Crippen molar-refractivity contribution in [2.45, 2.75) is 6.42 Å². The number of rotatable bonds is 2. The third-order valence-corrected chi connectivity index (χ3v) is 2.03. The highest BCUT2D eigenvalue weighted by Crippen LogP contribution is 2.19. The molecular formula is C9H9ClFNO. The molecule has 1 amide bonds. The predicted molar refractivity (Wildman–Crippen MR) is 49.2 cm³/mol. The molecule has 13 heavy (non-hydrogen) atoms. The second-order valence-electron chi connectivity index (χ2n) is 2.55. The monoisotopic (exact) mass is 201 g/mol. The molecule has 2 nitrogen and oxygen atoms in total. The van der Waals surface area contributed by atoms with Crippen molar-refractivity contribution in [1.82, 2.24) is 5.32 Å². The maximum Gasteiger partial charge on any atom is 0.224 e. The molecule has 1 aromatic carbocycles. The summed E-state index contributed by atoms with van der Waals surface area (Å²) >= 11 is 5.71. The van der Waals surface area contributed by atoms with E-state index in [1.165, 1.54) is 19.2 Å². The van der Waals surface area contributed by atoms with E-state index in [9.17, 15) is 9.18 Å². The van der Waals surface area contributed by atoms with Crippen molar-refractivity contribution in [3.05, 3.63) is 34.6 Å². The van der Waals surface area contributed by atoms with Crippen LogP contribution in [0.4, 0.5) is 4.39 Å². The Hall–Kier alpha value is -1.09. The lowest BCUT2D eigenvalue weighted by molar-refractivity contribution is -0.120. The first-order chi connectivity index (χ1) is 6.15. The molecule has 0 saturated carbocycles. The van der Waals surface area contributed by atoms with E-state index in [0.717, 1.165) is 0 Å². The molecule has 0 bridgehead atoms. The van der Waals surface area contributed by atoms with E-state index in [-0.39, 0.29) is 22.9 Å². The third-order valence-electron chi connectivity index (χ3n) is 1.68. The Bertz CT molecular complexity index is 307. The molecule has 0 unspecified atom stereocenters. The van der Waals surface area contributed by atoms with Gasteiger partial charge in [-0.25, -0.2) is 4.39 Å². The number of carbonyl (C=O) groups is 1. The van der Waals surface area contributed by atoms with E-state index in [1.807, 2.05) is 0 Å². The lowest BCUT2D eigenvalue weighted by Gasteiger charge is -2.03. The summed E-state index contributed by atoms with van der Waals surface area (Å²) in [5.41, 5.74) is 0.239. The molecule has 0 aliphatic carbocycles. The number of carbonyl (C=O) groups excluding carboxylic acids is 1. The summed E-state index contributed by atoms with van der Waals surface area (Å²) in [6.07, 6.45) is -0.0258. The molecule has 0 saturated heterocycles. The summed E-state index contributed by atoms with van der Waals surface area (Å²) in [7, 11) is 1.50. The molecule has 1 aromatic rings. The van der Waals surface area contributed by atoms with Crippen LogP contribution in [0.25, 0.3) is 0 Å². The van der Waals surface area contributed by atoms with Crippen LogP contribution in [0.3, 0.4) is 0 Å². The average molecular weight is 202 g/mol. The van der Waals surface area contributed by atoms with Gasteiger partial charge in [0.2, 0.25) is 5.91 Å². The Morgan fingerprint density at radius 3 is 2.85 bits per heavy atom. The molecule has 0 fully saturated rings. The van der Waals surface area contributed by atoms with Gasteiger partial charge in [0.15, 0.2) is 0 Å². The fraction of sp³-hybridized carbons (Fsp3) is 0.222. The molecule has 0 atom stereocenters. The number of likely N-dealkylation sites (N-methyl/N-ethyl adjacent to an activating group) is 1. The fourth-order valence-corrected chi connectivity index (χ4v) is 1.18. The largest absolute Gasteiger partial charge is 0.359 e. The van der Waals surface area contributed by atoms with Gasteiger partial charge < -0.3 is 5.32 Å². The van der Waals surface area contributed by atoms with Crippen LogP contribution in [0.1, 0.15) is 5.56 Å². The lowest BCUT2D eigenvalue weighted by atomic mass is 10.1. The summed E-state index contributed by atoms with van der Waals surface area (Å²) in [6.45, 7) is 0. The van der Waals surface area contributed by atoms with Crippen molar-refractivity contribution in [3.63, 3.8) is 0 Å². The van der Waals surface area contributed by atoms with E-state index < -0.39 is 5.82 Å². The smallest absolute Gasteiger partial charge is 0.224 e. The number of nitrogens with one attached hydrogen (secondary N) is 1. The van der Waals surface area contributed by atoms with E-state index in [1.54, 1.807) is 6.07 Å². The standard InChI is InChI=1S/C9H9ClFNO/c1-12-9(13)5-6-7(10)3-2-4-8(6)11/h2-4H,5H2,1H3,(H,12,13). The summed E-state index contributed by atoms with van der Waals surface area (Å²) in [5, 5.41) is 2.68. The highest BCUT2D eigenvalue weighted by Gasteiger charge is 2.09. The maximum absolute atomic E-state index is 13.1. The van der Waals surface area contributed by atoms with E-state index >= 15 is 0 Å². The van der Waals surface area contributed by atoms with Crippen molar-refractivity contribution in [2.75, 3.05) is 7.05 Å². The zero-order valence-corrected chi connectivity index (χ0v) is 7.86. The molecule has 1 N–H and O–H groups in total. The summed E-state index contributed by atoms with van der Waals surface area (Å²) in [4.78, 5) is 10.9. The molecule has 70 valence electrons. The zero-order chi connectivity index (χ0) is 9.84. The molecule has 4 heteroatoms. The van der Waals surface area contributed by atoms with Crippen LogP contribution in [0.5, 0.6) is 0 Å². The Labute approximate surface area is 80.7 Å². The minimum atomic E-state index is -0.448. The van der Waals surface area contributed by atoms with Crippen molar-refractivity contribution >= 4 is 17.5 Å². The van der Waals surface area contributed by atoms with Crippen LogP contribution in [-0.2, 0) is 11.2 Å². The summed E-state index contributed by atoms with van der Waals surface area (Å²) in [5.74, 6) is -0.705. The second-order valence-corrected chi connectivity index (χ2v) is 2.96. The quantitative estimate of drug-likeness (QED) is 0.777. The predicted octanol–water partition coefficient (Wildman–Crippen LogP) is 1.77. The van der Waals surface area contributed by atoms with Crippen LogP contribution >= 0.6 is 11.6 Å². The highest BCUT2D eigenvalue weighted by atomic mass is 35.5. The van der Waals surface area contributed by atoms with Crippen LogP contribution < -0.4 is 5.32 Å². The molecule has 0 spiro atoms. The van der Waals surface area contributed by atoms with Crippen molar-refractivity contribution in [2.24, 2.45) is 0 Å². The van der Waals surface area contributed by atoms with E-state index in [4.69, 9.17) is 11.6 Å². The van der Waals surface area contributed by atoms with E-state index in [2.05, 4.69) is 5.32 Å². The van der Waals surface area contributed by atoms with Crippen LogP contribution in [0.15, 0.2) is 18.2 Å². The van der Waals surface area contributed by atoms with Gasteiger partial charge in [0.1, 0.15) is 5.82 Å². The number of halogens is 2. The van der Waals surface area contributed by atoms with Gasteiger partial charge in [0.25, 0.3) is 0 Å². The number of hydrogen-bond donors (Lipinski definition) is 1. The van der Waals surface area contributed by atoms with Gasteiger partial charge in [-0.05, 0) is 12.1 Å². The number of hydrogen-bond acceptors (Lipinski definition) is 1. The Morgan fingerprint density at radius 1 is 1.62 bits per heavy atom. The molecule has 0 aliphatic heterocycles. The van der Waals surface area contributed by atoms with Crippen LogP contribution in [-0.4, -0.2) is 13.0 Å². The number of amides is 1. The Morgan fingerprint density at radius 2 is 2.31 bits per heavy atom. The molecule has 0 radical (unpaired) electrons. The topological polar surface area (TPSA) is 29.1 Å². The van der Waals surface area contributed by atoms with Gasteiger partial charge in [-0.2, -0.15) is 0 Å². The van der Waals surface area contributed by atoms with Gasteiger partial charge in [-0.3, -0.25) is 4.79 Å². The maximum atomic E-state index is 13.1. The van der Waals surface area contributed by atoms with Gasteiger partial charge >= 0.3 is 0 Å². The van der Waals surface area contributed by atoms with E-state index in [0.29, 0.717) is 0 Å². The SMILES string of the molecule is CNC(=O)Cc1c(F)cccc1Cl. The van der Waals surface area contributed by atoms with Gasteiger partial charge in [-0.15, -0.1) is 0 Å². The molecule has 0 aromatic heterocycles. The van der Waals surface area contributed by atoms with Gasteiger partial charge in [0.05, 0.1) is 6.42 Å². The minimum Gasteiger partial charge on any atom is -0.359 e. The van der Waals surface area contributed by atoms with Crippen molar-refractivity contribution in [3.8, 4) is 0 Å². The van der Waals surface area contributed by atoms with Crippen molar-refractivity contribution < 1.29 is 9.18 Å².